The van der Waals surface area contributed by atoms with Crippen LogP contribution in [0.15, 0.2) is 31.0 Å². The molecular weight excluding hydrogens is 302 g/mol. The first kappa shape index (κ1) is 15.3. The molecule has 2 aromatic heterocycles. The fourth-order valence-electron chi connectivity index (χ4n) is 3.73. The largest absolute Gasteiger partial charge is 0.337 e. The Labute approximate surface area is 141 Å². The Bertz CT molecular complexity index is 694. The second-order valence-corrected chi connectivity index (χ2v) is 6.92. The van der Waals surface area contributed by atoms with Crippen molar-refractivity contribution in [3.8, 4) is 0 Å². The van der Waals surface area contributed by atoms with Gasteiger partial charge in [0.05, 0.1) is 6.20 Å². The van der Waals surface area contributed by atoms with Crippen molar-refractivity contribution in [2.24, 2.45) is 5.92 Å². The maximum absolute atomic E-state index is 12.6. The lowest BCUT2D eigenvalue weighted by Gasteiger charge is -2.33. The lowest BCUT2D eigenvalue weighted by atomic mass is 9.85. The highest BCUT2D eigenvalue weighted by Crippen LogP contribution is 2.31. The van der Waals surface area contributed by atoms with Crippen molar-refractivity contribution in [1.82, 2.24) is 24.4 Å². The summed E-state index contributed by atoms with van der Waals surface area (Å²) in [6, 6.07) is 0. The van der Waals surface area contributed by atoms with E-state index in [0.29, 0.717) is 11.6 Å². The van der Waals surface area contributed by atoms with E-state index in [0.717, 1.165) is 44.2 Å². The molecule has 6 nitrogen and oxygen atoms in total. The Hall–Kier alpha value is -2.24. The first-order valence-electron chi connectivity index (χ1n) is 8.87. The molecule has 2 fully saturated rings. The lowest BCUT2D eigenvalue weighted by Crippen LogP contribution is -2.40. The third-order valence-electron chi connectivity index (χ3n) is 5.28. The highest BCUT2D eigenvalue weighted by molar-refractivity contribution is 5.92. The minimum absolute atomic E-state index is 0.0232. The number of rotatable bonds is 4. The zero-order chi connectivity index (χ0) is 16.4. The second-order valence-electron chi connectivity index (χ2n) is 6.92. The number of hydrogen-bond donors (Lipinski definition) is 0. The third-order valence-corrected chi connectivity index (χ3v) is 5.28. The molecule has 0 radical (unpaired) electrons. The number of amides is 1. The molecule has 126 valence electrons. The van der Waals surface area contributed by atoms with E-state index in [1.165, 1.54) is 19.3 Å². The highest BCUT2D eigenvalue weighted by Gasteiger charge is 2.29. The van der Waals surface area contributed by atoms with Gasteiger partial charge in [-0.2, -0.15) is 0 Å². The molecule has 0 spiro atoms. The molecular formula is C18H23N5O. The van der Waals surface area contributed by atoms with E-state index in [9.17, 15) is 4.79 Å². The van der Waals surface area contributed by atoms with Crippen molar-refractivity contribution in [2.75, 3.05) is 13.1 Å². The van der Waals surface area contributed by atoms with Crippen LogP contribution >= 0.6 is 0 Å². The predicted molar refractivity (Wildman–Crippen MR) is 89.5 cm³/mol. The summed E-state index contributed by atoms with van der Waals surface area (Å²) in [5, 5.41) is 0. The second kappa shape index (κ2) is 6.71. The van der Waals surface area contributed by atoms with Crippen LogP contribution in [0, 0.1) is 5.92 Å². The van der Waals surface area contributed by atoms with Crippen LogP contribution in [0.25, 0.3) is 0 Å². The Kier molecular flexibility index (Phi) is 4.28. The predicted octanol–water partition coefficient (Wildman–Crippen LogP) is 2.49. The zero-order valence-electron chi connectivity index (χ0n) is 13.8. The van der Waals surface area contributed by atoms with Gasteiger partial charge in [0, 0.05) is 50.3 Å². The molecule has 1 saturated heterocycles. The summed E-state index contributed by atoms with van der Waals surface area (Å²) in [6.45, 7) is 2.58. The minimum Gasteiger partial charge on any atom is -0.337 e. The summed E-state index contributed by atoms with van der Waals surface area (Å²) in [5.41, 5.74) is 0.427. The van der Waals surface area contributed by atoms with Gasteiger partial charge in [-0.25, -0.2) is 9.97 Å². The molecule has 0 aromatic carbocycles. The van der Waals surface area contributed by atoms with Crippen LogP contribution in [0.2, 0.25) is 0 Å². The number of carbonyl (C=O) groups is 1. The van der Waals surface area contributed by atoms with Crippen LogP contribution in [0.3, 0.4) is 0 Å². The molecule has 2 aliphatic rings. The molecule has 24 heavy (non-hydrogen) atoms. The van der Waals surface area contributed by atoms with Gasteiger partial charge in [-0.15, -0.1) is 0 Å². The van der Waals surface area contributed by atoms with Crippen molar-refractivity contribution in [3.63, 3.8) is 0 Å². The zero-order valence-corrected chi connectivity index (χ0v) is 13.8. The van der Waals surface area contributed by atoms with E-state index >= 15 is 0 Å². The molecule has 1 atom stereocenters. The lowest BCUT2D eigenvalue weighted by molar-refractivity contribution is 0.0696. The molecule has 0 N–H and O–H groups in total. The molecule has 3 heterocycles. The van der Waals surface area contributed by atoms with Crippen molar-refractivity contribution in [3.05, 3.63) is 42.5 Å². The monoisotopic (exact) mass is 325 g/mol. The van der Waals surface area contributed by atoms with Crippen LogP contribution in [0.4, 0.5) is 0 Å². The molecule has 0 unspecified atom stereocenters. The number of likely N-dealkylation sites (tertiary alicyclic amines) is 1. The number of carbonyl (C=O) groups excluding carboxylic acids is 1. The molecule has 2 aromatic rings. The van der Waals surface area contributed by atoms with Crippen molar-refractivity contribution in [2.45, 2.75) is 44.6 Å². The number of piperidine rings is 1. The third kappa shape index (κ3) is 3.05. The van der Waals surface area contributed by atoms with Crippen LogP contribution in [0.1, 0.15) is 54.3 Å². The summed E-state index contributed by atoms with van der Waals surface area (Å²) < 4.78 is 2.31. The molecule has 1 saturated carbocycles. The Morgan fingerprint density at radius 2 is 2.04 bits per heavy atom. The van der Waals surface area contributed by atoms with Gasteiger partial charge in [0.1, 0.15) is 11.5 Å². The van der Waals surface area contributed by atoms with Crippen molar-refractivity contribution < 1.29 is 4.79 Å². The van der Waals surface area contributed by atoms with Crippen molar-refractivity contribution in [1.29, 1.82) is 0 Å². The Balaban J connectivity index is 1.47. The summed E-state index contributed by atoms with van der Waals surface area (Å²) in [7, 11) is 0. The van der Waals surface area contributed by atoms with Gasteiger partial charge in [0.25, 0.3) is 5.91 Å². The quantitative estimate of drug-likeness (QED) is 0.866. The first-order valence-corrected chi connectivity index (χ1v) is 8.87. The van der Waals surface area contributed by atoms with E-state index in [-0.39, 0.29) is 5.91 Å². The number of hydrogen-bond acceptors (Lipinski definition) is 4. The summed E-state index contributed by atoms with van der Waals surface area (Å²) in [4.78, 5) is 27.3. The van der Waals surface area contributed by atoms with Gasteiger partial charge < -0.3 is 9.47 Å². The molecule has 1 aliphatic heterocycles. The van der Waals surface area contributed by atoms with Gasteiger partial charge in [0.15, 0.2) is 0 Å². The molecule has 1 aliphatic carbocycles. The molecule has 6 heteroatoms. The standard InChI is InChI=1S/C18H23N5O/c24-18(16-11-19-6-7-20-16)23-9-2-5-15(13-23)17-21-8-10-22(17)12-14-3-1-4-14/h6-8,10-11,14-15H,1-5,9,12-13H2/t15-/m0/s1. The highest BCUT2D eigenvalue weighted by atomic mass is 16.2. The van der Waals surface area contributed by atoms with Gasteiger partial charge in [-0.1, -0.05) is 6.42 Å². The maximum atomic E-state index is 12.6. The topological polar surface area (TPSA) is 63.9 Å². The molecule has 4 rings (SSSR count). The van der Waals surface area contributed by atoms with Gasteiger partial charge in [0.2, 0.25) is 0 Å². The summed E-state index contributed by atoms with van der Waals surface area (Å²) >= 11 is 0. The Morgan fingerprint density at radius 1 is 1.12 bits per heavy atom. The Morgan fingerprint density at radius 3 is 2.79 bits per heavy atom. The number of imidazole rings is 1. The van der Waals surface area contributed by atoms with Crippen LogP contribution in [-0.2, 0) is 6.54 Å². The van der Waals surface area contributed by atoms with E-state index in [1.807, 2.05) is 11.1 Å². The van der Waals surface area contributed by atoms with Gasteiger partial charge in [-0.05, 0) is 31.6 Å². The normalized spacial score (nSPS) is 21.5. The number of aromatic nitrogens is 4. The molecule has 1 amide bonds. The average molecular weight is 325 g/mol. The smallest absolute Gasteiger partial charge is 0.274 e. The van der Waals surface area contributed by atoms with Crippen LogP contribution < -0.4 is 0 Å². The average Bonchev–Trinajstić information content (AvgIpc) is 3.07. The van der Waals surface area contributed by atoms with Gasteiger partial charge >= 0.3 is 0 Å². The molecule has 0 bridgehead atoms. The first-order chi connectivity index (χ1) is 11.8. The van der Waals surface area contributed by atoms with E-state index < -0.39 is 0 Å². The summed E-state index contributed by atoms with van der Waals surface area (Å²) in [5.74, 6) is 2.23. The van der Waals surface area contributed by atoms with Crippen molar-refractivity contribution >= 4 is 5.91 Å². The van der Waals surface area contributed by atoms with Crippen LogP contribution in [-0.4, -0.2) is 43.4 Å². The van der Waals surface area contributed by atoms with E-state index in [4.69, 9.17) is 0 Å². The minimum atomic E-state index is -0.0232. The maximum Gasteiger partial charge on any atom is 0.274 e. The fraction of sp³-hybridized carbons (Fsp3) is 0.556. The SMILES string of the molecule is O=C(c1cnccn1)N1CCC[C@H](c2nccn2CC2CCC2)C1. The van der Waals surface area contributed by atoms with E-state index in [2.05, 4.69) is 25.7 Å². The van der Waals surface area contributed by atoms with E-state index in [1.54, 1.807) is 18.6 Å². The van der Waals surface area contributed by atoms with Crippen LogP contribution in [0.5, 0.6) is 0 Å². The fourth-order valence-corrected chi connectivity index (χ4v) is 3.73. The number of nitrogens with zero attached hydrogens (tertiary/aromatic N) is 5. The summed E-state index contributed by atoms with van der Waals surface area (Å²) in [6.07, 6.45) is 14.8. The van der Waals surface area contributed by atoms with Gasteiger partial charge in [-0.3, -0.25) is 9.78 Å².